The molecule has 18 heteroatoms. The third-order valence-corrected chi connectivity index (χ3v) is 8.38. The van der Waals surface area contributed by atoms with E-state index in [1.54, 1.807) is 46.8 Å². The summed E-state index contributed by atoms with van der Waals surface area (Å²) in [6.07, 6.45) is 2.30. The average Bonchev–Trinajstić information content (AvgIpc) is 3.77. The number of aromatic nitrogens is 5. The number of hydrogen-bond donors (Lipinski definition) is 6. The number of carbonyl (C=O) groups is 3. The Morgan fingerprint density at radius 2 is 1.85 bits per heavy atom. The molecule has 0 saturated heterocycles. The van der Waals surface area contributed by atoms with Crippen LogP contribution in [-0.2, 0) is 16.0 Å². The molecule has 1 unspecified atom stereocenters. The number of imide groups is 1. The minimum absolute atomic E-state index is 0.0752. The number of amides is 3. The molecule has 3 amide bonds. The Morgan fingerprint density at radius 1 is 1.10 bits per heavy atom. The van der Waals surface area contributed by atoms with Crippen molar-refractivity contribution in [2.45, 2.75) is 64.0 Å². The Morgan fingerprint density at radius 3 is 2.52 bits per heavy atom. The van der Waals surface area contributed by atoms with Gasteiger partial charge in [0, 0.05) is 17.1 Å². The van der Waals surface area contributed by atoms with Crippen LogP contribution in [0.3, 0.4) is 0 Å². The van der Waals surface area contributed by atoms with Gasteiger partial charge in [0.15, 0.2) is 5.76 Å². The maximum absolute atomic E-state index is 13.1. The van der Waals surface area contributed by atoms with Gasteiger partial charge in [0.2, 0.25) is 23.6 Å². The van der Waals surface area contributed by atoms with Gasteiger partial charge < -0.3 is 35.3 Å². The van der Waals surface area contributed by atoms with Gasteiger partial charge in [0.25, 0.3) is 11.7 Å². The van der Waals surface area contributed by atoms with E-state index in [9.17, 15) is 19.5 Å². The number of hydrogen-bond acceptors (Lipinski definition) is 14. The van der Waals surface area contributed by atoms with Gasteiger partial charge in [-0.1, -0.05) is 37.6 Å². The number of rotatable bonds is 13. The number of nitrogens with one attached hydrogen (secondary N) is 4. The number of aromatic hydroxyl groups is 1. The second-order valence-corrected chi connectivity index (χ2v) is 14.2. The maximum atomic E-state index is 13.1. The van der Waals surface area contributed by atoms with Crippen molar-refractivity contribution in [1.82, 2.24) is 35.2 Å². The molecule has 0 radical (unpaired) electrons. The summed E-state index contributed by atoms with van der Waals surface area (Å²) in [5.41, 5.74) is 6.97. The molecule has 0 fully saturated rings. The van der Waals surface area contributed by atoms with E-state index in [1.807, 2.05) is 24.3 Å². The van der Waals surface area contributed by atoms with Crippen molar-refractivity contribution in [3.05, 3.63) is 70.9 Å². The molecule has 0 bridgehead atoms. The molecule has 2 aromatic carbocycles. The van der Waals surface area contributed by atoms with E-state index in [0.29, 0.717) is 34.8 Å². The zero-order chi connectivity index (χ0) is 37.6. The molecule has 3 aromatic heterocycles. The Bertz CT molecular complexity index is 2050. The van der Waals surface area contributed by atoms with Crippen LogP contribution in [0.2, 0.25) is 5.02 Å². The number of nitrogen functional groups attached to an aromatic ring is 1. The lowest BCUT2D eigenvalue weighted by Gasteiger charge is -2.25. The third-order valence-electron chi connectivity index (χ3n) is 7.28. The molecule has 0 aliphatic rings. The number of ether oxygens (including phenoxy) is 1. The van der Waals surface area contributed by atoms with Crippen LogP contribution in [0.15, 0.2) is 64.1 Å². The van der Waals surface area contributed by atoms with Gasteiger partial charge in [0.05, 0.1) is 16.8 Å². The van der Waals surface area contributed by atoms with Crippen LogP contribution >= 0.6 is 23.5 Å². The molecule has 0 aliphatic heterocycles. The molecule has 0 aliphatic carbocycles. The lowest BCUT2D eigenvalue weighted by atomic mass is 10.0. The Labute approximate surface area is 308 Å². The third kappa shape index (κ3) is 9.82. The SMILES string of the molecule is CC(C)C(NC(=O)OC(C)(C)C)C(=O)NC(=O)c1cc(SNc2ccc(CCCNc3nc(N)n4nc(-c5ccco5)nc4n3)cc2)cc(Cl)c1O. The number of nitrogens with two attached hydrogens (primary N) is 1. The van der Waals surface area contributed by atoms with E-state index < -0.39 is 35.3 Å². The highest BCUT2D eigenvalue weighted by Gasteiger charge is 2.29. The van der Waals surface area contributed by atoms with Gasteiger partial charge in [-0.25, -0.2) is 4.79 Å². The topological polar surface area (TPSA) is 224 Å². The van der Waals surface area contributed by atoms with Crippen molar-refractivity contribution in [3.63, 3.8) is 0 Å². The van der Waals surface area contributed by atoms with E-state index in [-0.39, 0.29) is 22.5 Å². The van der Waals surface area contributed by atoms with Gasteiger partial charge in [-0.15, -0.1) is 5.10 Å². The first-order valence-corrected chi connectivity index (χ1v) is 17.4. The number of benzene rings is 2. The molecular weight excluding hydrogens is 712 g/mol. The van der Waals surface area contributed by atoms with E-state index in [1.165, 1.54) is 22.9 Å². The second-order valence-electron chi connectivity index (χ2n) is 12.9. The fourth-order valence-electron chi connectivity index (χ4n) is 4.78. The standard InChI is InChI=1S/C34H39ClN10O6S/c1-18(2)25(38-33(49)51-34(3,4)5)29(48)40-28(47)22-16-21(17-23(35)26(22)46)52-44-20-12-10-19(11-13-20)8-6-14-37-31-41-30(36)45-32(42-31)39-27(43-45)24-9-7-15-50-24/h7,9-13,15-18,25,44,46H,6,8,14H2,1-5H3,(H,38,49)(H,40,47,48)(H3,36,37,39,41,42,43). The lowest BCUT2D eigenvalue weighted by molar-refractivity contribution is -0.123. The maximum Gasteiger partial charge on any atom is 0.408 e. The first kappa shape index (κ1) is 37.7. The summed E-state index contributed by atoms with van der Waals surface area (Å²) in [5.74, 6) is -0.842. The highest BCUT2D eigenvalue weighted by Crippen LogP contribution is 2.34. The van der Waals surface area contributed by atoms with Crippen molar-refractivity contribution >= 4 is 64.8 Å². The summed E-state index contributed by atoms with van der Waals surface area (Å²) < 4.78 is 15.1. The highest BCUT2D eigenvalue weighted by atomic mass is 35.5. The number of anilines is 3. The minimum atomic E-state index is -1.07. The van der Waals surface area contributed by atoms with Crippen LogP contribution in [-0.4, -0.2) is 65.8 Å². The van der Waals surface area contributed by atoms with Crippen molar-refractivity contribution in [3.8, 4) is 17.3 Å². The van der Waals surface area contributed by atoms with Crippen LogP contribution in [0, 0.1) is 5.92 Å². The largest absolute Gasteiger partial charge is 0.506 e. The van der Waals surface area contributed by atoms with Crippen molar-refractivity contribution in [2.75, 3.05) is 22.3 Å². The quantitative estimate of drug-likeness (QED) is 0.0628. The number of phenolic OH excluding ortho intramolecular Hbond substituents is 1. The van der Waals surface area contributed by atoms with Gasteiger partial charge in [-0.05, 0) is 93.4 Å². The fraction of sp³-hybridized carbons (Fsp3) is 0.324. The van der Waals surface area contributed by atoms with Crippen molar-refractivity contribution in [2.24, 2.45) is 5.92 Å². The Hall–Kier alpha value is -5.55. The van der Waals surface area contributed by atoms with Crippen molar-refractivity contribution < 1.29 is 28.6 Å². The first-order valence-electron chi connectivity index (χ1n) is 16.2. The molecule has 16 nitrogen and oxygen atoms in total. The minimum Gasteiger partial charge on any atom is -0.506 e. The number of alkyl carbamates (subject to hydrolysis) is 1. The van der Waals surface area contributed by atoms with Crippen LogP contribution < -0.4 is 26.4 Å². The van der Waals surface area contributed by atoms with Gasteiger partial charge in [-0.3, -0.25) is 14.9 Å². The average molecular weight is 751 g/mol. The van der Waals surface area contributed by atoms with Crippen LogP contribution in [0.5, 0.6) is 5.75 Å². The van der Waals surface area contributed by atoms with E-state index in [2.05, 4.69) is 40.7 Å². The van der Waals surface area contributed by atoms with E-state index in [0.717, 1.165) is 36.0 Å². The lowest BCUT2D eigenvalue weighted by Crippen LogP contribution is -2.52. The number of halogens is 1. The first-order chi connectivity index (χ1) is 24.7. The molecule has 5 aromatic rings. The summed E-state index contributed by atoms with van der Waals surface area (Å²) in [7, 11) is 0. The van der Waals surface area contributed by atoms with E-state index >= 15 is 0 Å². The van der Waals surface area contributed by atoms with Gasteiger partial charge in [-0.2, -0.15) is 19.5 Å². The number of nitrogens with zero attached hydrogens (tertiary/aromatic N) is 5. The Balaban J connectivity index is 1.12. The predicted molar refractivity (Wildman–Crippen MR) is 197 cm³/mol. The summed E-state index contributed by atoms with van der Waals surface area (Å²) in [5, 5.41) is 22.7. The van der Waals surface area contributed by atoms with Crippen molar-refractivity contribution in [1.29, 1.82) is 0 Å². The summed E-state index contributed by atoms with van der Waals surface area (Å²) in [6, 6.07) is 13.1. The van der Waals surface area contributed by atoms with Crippen LogP contribution in [0.1, 0.15) is 57.0 Å². The molecule has 0 spiro atoms. The number of phenols is 1. The zero-order valence-electron chi connectivity index (χ0n) is 29.1. The monoisotopic (exact) mass is 750 g/mol. The molecular formula is C34H39ClN10O6S. The molecule has 1 atom stereocenters. The smallest absolute Gasteiger partial charge is 0.408 e. The molecule has 274 valence electrons. The fourth-order valence-corrected chi connectivity index (χ4v) is 5.79. The number of furan rings is 1. The molecule has 52 heavy (non-hydrogen) atoms. The number of fused-ring (bicyclic) bond motifs is 1. The summed E-state index contributed by atoms with van der Waals surface area (Å²) in [4.78, 5) is 51.9. The predicted octanol–water partition coefficient (Wildman–Crippen LogP) is 5.69. The van der Waals surface area contributed by atoms with Crippen LogP contribution in [0.25, 0.3) is 17.4 Å². The zero-order valence-corrected chi connectivity index (χ0v) is 30.6. The van der Waals surface area contributed by atoms with Gasteiger partial charge in [0.1, 0.15) is 17.4 Å². The number of aryl methyl sites for hydroxylation is 1. The molecule has 5 rings (SSSR count). The second kappa shape index (κ2) is 16.2. The molecule has 3 heterocycles. The van der Waals surface area contributed by atoms with Crippen LogP contribution in [0.4, 0.5) is 22.4 Å². The highest BCUT2D eigenvalue weighted by molar-refractivity contribution is 8.00. The molecule has 7 N–H and O–H groups in total. The Kier molecular flexibility index (Phi) is 11.7. The van der Waals surface area contributed by atoms with Gasteiger partial charge >= 0.3 is 6.09 Å². The molecule has 0 saturated carbocycles. The summed E-state index contributed by atoms with van der Waals surface area (Å²) in [6.45, 7) is 9.09. The summed E-state index contributed by atoms with van der Waals surface area (Å²) >= 11 is 7.40. The normalized spacial score (nSPS) is 12.1. The van der Waals surface area contributed by atoms with E-state index in [4.69, 9.17) is 26.5 Å². The number of carbonyl (C=O) groups excluding carboxylic acids is 3.